The first-order valence-electron chi connectivity index (χ1n) is 5.97. The first-order chi connectivity index (χ1) is 7.67. The molecule has 0 amide bonds. The standard InChI is InChI=1S/C12H18BrN3/c1-3-11-15-10(13)7-12(16-11)14-9-5-4-8(2)6-9/h7-9H,3-6H2,1-2H3,(H,14,15,16). The Morgan fingerprint density at radius 1 is 1.44 bits per heavy atom. The van der Waals surface area contributed by atoms with Crippen LogP contribution < -0.4 is 5.32 Å². The van der Waals surface area contributed by atoms with E-state index in [-0.39, 0.29) is 0 Å². The maximum atomic E-state index is 4.49. The molecule has 16 heavy (non-hydrogen) atoms. The van der Waals surface area contributed by atoms with Crippen LogP contribution >= 0.6 is 15.9 Å². The highest BCUT2D eigenvalue weighted by Gasteiger charge is 2.21. The Hall–Kier alpha value is -0.640. The number of nitrogens with one attached hydrogen (secondary N) is 1. The summed E-state index contributed by atoms with van der Waals surface area (Å²) in [6.45, 7) is 4.39. The van der Waals surface area contributed by atoms with Crippen molar-refractivity contribution in [1.82, 2.24) is 9.97 Å². The zero-order chi connectivity index (χ0) is 11.5. The van der Waals surface area contributed by atoms with Gasteiger partial charge in [-0.25, -0.2) is 9.97 Å². The monoisotopic (exact) mass is 283 g/mol. The van der Waals surface area contributed by atoms with Crippen LogP contribution in [0.5, 0.6) is 0 Å². The first kappa shape index (κ1) is 11.8. The summed E-state index contributed by atoms with van der Waals surface area (Å²) in [7, 11) is 0. The largest absolute Gasteiger partial charge is 0.367 e. The van der Waals surface area contributed by atoms with Crippen molar-refractivity contribution in [1.29, 1.82) is 0 Å². The minimum Gasteiger partial charge on any atom is -0.367 e. The van der Waals surface area contributed by atoms with Crippen LogP contribution in [0.15, 0.2) is 10.7 Å². The molecular formula is C12H18BrN3. The third kappa shape index (κ3) is 2.94. The predicted octanol–water partition coefficient (Wildman–Crippen LogP) is 3.40. The van der Waals surface area contributed by atoms with Gasteiger partial charge in [-0.15, -0.1) is 0 Å². The zero-order valence-electron chi connectivity index (χ0n) is 9.83. The fraction of sp³-hybridized carbons (Fsp3) is 0.667. The Bertz CT molecular complexity index is 367. The van der Waals surface area contributed by atoms with E-state index in [1.165, 1.54) is 19.3 Å². The van der Waals surface area contributed by atoms with Crippen LogP contribution in [0.1, 0.15) is 38.9 Å². The van der Waals surface area contributed by atoms with Gasteiger partial charge in [-0.2, -0.15) is 0 Å². The van der Waals surface area contributed by atoms with Gasteiger partial charge in [-0.1, -0.05) is 13.8 Å². The molecule has 1 aromatic rings. The average molecular weight is 284 g/mol. The molecule has 0 aliphatic heterocycles. The topological polar surface area (TPSA) is 37.8 Å². The molecule has 3 nitrogen and oxygen atoms in total. The summed E-state index contributed by atoms with van der Waals surface area (Å²) in [4.78, 5) is 8.80. The number of halogens is 1. The Morgan fingerprint density at radius 3 is 2.88 bits per heavy atom. The van der Waals surface area contributed by atoms with Crippen LogP contribution in [-0.4, -0.2) is 16.0 Å². The lowest BCUT2D eigenvalue weighted by Crippen LogP contribution is -2.17. The van der Waals surface area contributed by atoms with Crippen molar-refractivity contribution in [3.63, 3.8) is 0 Å². The summed E-state index contributed by atoms with van der Waals surface area (Å²) in [5.74, 6) is 2.69. The van der Waals surface area contributed by atoms with Crippen molar-refractivity contribution < 1.29 is 0 Å². The highest BCUT2D eigenvalue weighted by molar-refractivity contribution is 9.10. The molecule has 1 heterocycles. The summed E-state index contributed by atoms with van der Waals surface area (Å²) in [6, 6.07) is 2.55. The van der Waals surface area contributed by atoms with Crippen molar-refractivity contribution in [2.24, 2.45) is 5.92 Å². The number of anilines is 1. The quantitative estimate of drug-likeness (QED) is 0.864. The molecule has 0 radical (unpaired) electrons. The lowest BCUT2D eigenvalue weighted by atomic mass is 10.1. The van der Waals surface area contributed by atoms with Gasteiger partial charge in [-0.3, -0.25) is 0 Å². The lowest BCUT2D eigenvalue weighted by molar-refractivity contribution is 0.602. The van der Waals surface area contributed by atoms with Gasteiger partial charge in [0.25, 0.3) is 0 Å². The summed E-state index contributed by atoms with van der Waals surface area (Å²) in [5, 5.41) is 3.51. The van der Waals surface area contributed by atoms with Gasteiger partial charge in [0.2, 0.25) is 0 Å². The molecule has 0 spiro atoms. The van der Waals surface area contributed by atoms with Crippen molar-refractivity contribution >= 4 is 21.7 Å². The number of aromatic nitrogens is 2. The van der Waals surface area contributed by atoms with Gasteiger partial charge in [-0.05, 0) is 41.1 Å². The maximum Gasteiger partial charge on any atom is 0.131 e. The third-order valence-electron chi connectivity index (χ3n) is 3.10. The highest BCUT2D eigenvalue weighted by atomic mass is 79.9. The van der Waals surface area contributed by atoms with Crippen LogP contribution in [0.3, 0.4) is 0 Å². The van der Waals surface area contributed by atoms with E-state index >= 15 is 0 Å². The van der Waals surface area contributed by atoms with Crippen LogP contribution in [0.4, 0.5) is 5.82 Å². The molecule has 1 aliphatic rings. The van der Waals surface area contributed by atoms with E-state index in [1.807, 2.05) is 6.07 Å². The minimum atomic E-state index is 0.585. The number of nitrogens with zero attached hydrogens (tertiary/aromatic N) is 2. The van der Waals surface area contributed by atoms with Crippen molar-refractivity contribution in [3.8, 4) is 0 Å². The van der Waals surface area contributed by atoms with Gasteiger partial charge in [0.05, 0.1) is 0 Å². The SMILES string of the molecule is CCc1nc(Br)cc(NC2CCC(C)C2)n1. The van der Waals surface area contributed by atoms with E-state index in [2.05, 4.69) is 45.1 Å². The van der Waals surface area contributed by atoms with E-state index in [9.17, 15) is 0 Å². The third-order valence-corrected chi connectivity index (χ3v) is 3.51. The van der Waals surface area contributed by atoms with Crippen LogP contribution in [0, 0.1) is 5.92 Å². The van der Waals surface area contributed by atoms with Crippen LogP contribution in [-0.2, 0) is 6.42 Å². The minimum absolute atomic E-state index is 0.585. The van der Waals surface area contributed by atoms with Crippen LogP contribution in [0.2, 0.25) is 0 Å². The van der Waals surface area contributed by atoms with Gasteiger partial charge in [0, 0.05) is 18.5 Å². The second kappa shape index (κ2) is 5.13. The summed E-state index contributed by atoms with van der Waals surface area (Å²) < 4.78 is 0.868. The Morgan fingerprint density at radius 2 is 2.25 bits per heavy atom. The smallest absolute Gasteiger partial charge is 0.131 e. The maximum absolute atomic E-state index is 4.49. The summed E-state index contributed by atoms with van der Waals surface area (Å²) >= 11 is 3.42. The molecule has 1 saturated carbocycles. The molecule has 1 fully saturated rings. The summed E-state index contributed by atoms with van der Waals surface area (Å²) in [6.07, 6.45) is 4.70. The highest BCUT2D eigenvalue weighted by Crippen LogP contribution is 2.27. The normalized spacial score (nSPS) is 24.7. The Kier molecular flexibility index (Phi) is 3.79. The Balaban J connectivity index is 2.06. The van der Waals surface area contributed by atoms with E-state index in [1.54, 1.807) is 0 Å². The fourth-order valence-electron chi connectivity index (χ4n) is 2.24. The van der Waals surface area contributed by atoms with E-state index in [4.69, 9.17) is 0 Å². The molecule has 2 unspecified atom stereocenters. The van der Waals surface area contributed by atoms with Gasteiger partial charge in [0.1, 0.15) is 16.2 Å². The molecule has 0 bridgehead atoms. The molecule has 0 aromatic carbocycles. The Labute approximate surface area is 105 Å². The molecular weight excluding hydrogens is 266 g/mol. The second-order valence-electron chi connectivity index (χ2n) is 4.61. The number of hydrogen-bond acceptors (Lipinski definition) is 3. The molecule has 2 atom stereocenters. The second-order valence-corrected chi connectivity index (χ2v) is 5.42. The van der Waals surface area contributed by atoms with Crippen LogP contribution in [0.25, 0.3) is 0 Å². The van der Waals surface area contributed by atoms with Gasteiger partial charge in [0.15, 0.2) is 0 Å². The number of rotatable bonds is 3. The van der Waals surface area contributed by atoms with Crippen molar-refractivity contribution in [2.75, 3.05) is 5.32 Å². The molecule has 0 saturated heterocycles. The molecule has 4 heteroatoms. The summed E-state index contributed by atoms with van der Waals surface area (Å²) in [5.41, 5.74) is 0. The first-order valence-corrected chi connectivity index (χ1v) is 6.76. The molecule has 1 aliphatic carbocycles. The predicted molar refractivity (Wildman–Crippen MR) is 69.5 cm³/mol. The van der Waals surface area contributed by atoms with E-state index < -0.39 is 0 Å². The molecule has 88 valence electrons. The van der Waals surface area contributed by atoms with Crippen molar-refractivity contribution in [2.45, 2.75) is 45.6 Å². The number of hydrogen-bond donors (Lipinski definition) is 1. The zero-order valence-corrected chi connectivity index (χ0v) is 11.4. The molecule has 1 aromatic heterocycles. The lowest BCUT2D eigenvalue weighted by Gasteiger charge is -2.13. The van der Waals surface area contributed by atoms with Crippen molar-refractivity contribution in [3.05, 3.63) is 16.5 Å². The fourth-order valence-corrected chi connectivity index (χ4v) is 2.67. The molecule has 2 rings (SSSR count). The van der Waals surface area contributed by atoms with Gasteiger partial charge >= 0.3 is 0 Å². The molecule has 1 N–H and O–H groups in total. The van der Waals surface area contributed by atoms with E-state index in [0.717, 1.165) is 28.6 Å². The number of aryl methyl sites for hydroxylation is 1. The van der Waals surface area contributed by atoms with Gasteiger partial charge < -0.3 is 5.32 Å². The average Bonchev–Trinajstić information content (AvgIpc) is 2.63. The van der Waals surface area contributed by atoms with E-state index in [0.29, 0.717) is 6.04 Å².